The molecule has 0 aliphatic carbocycles. The van der Waals surface area contributed by atoms with Gasteiger partial charge >= 0.3 is 0 Å². The summed E-state index contributed by atoms with van der Waals surface area (Å²) in [5.74, 6) is 1.64. The molecule has 2 rings (SSSR count). The fraction of sp³-hybridized carbons (Fsp3) is 0.429. The molecule has 118 valence electrons. The molecular weight excluding hydrogens is 266 g/mol. The Balaban J connectivity index is 2.34. The molecule has 0 aliphatic rings. The molecular formula is C21H29N. The molecule has 2 aromatic rings. The van der Waals surface area contributed by atoms with Crippen LogP contribution < -0.4 is 5.32 Å². The average molecular weight is 295 g/mol. The highest BCUT2D eigenvalue weighted by molar-refractivity contribution is 5.62. The van der Waals surface area contributed by atoms with Crippen molar-refractivity contribution in [2.24, 2.45) is 0 Å². The van der Waals surface area contributed by atoms with E-state index in [2.05, 4.69) is 89.3 Å². The van der Waals surface area contributed by atoms with Gasteiger partial charge in [-0.25, -0.2) is 0 Å². The molecule has 0 bridgehead atoms. The Morgan fingerprint density at radius 1 is 0.591 bits per heavy atom. The molecule has 0 spiro atoms. The fourth-order valence-corrected chi connectivity index (χ4v) is 2.56. The predicted molar refractivity (Wildman–Crippen MR) is 98.4 cm³/mol. The summed E-state index contributed by atoms with van der Waals surface area (Å²) in [6, 6.07) is 15.6. The smallest absolute Gasteiger partial charge is 0.0389 e. The third-order valence-corrected chi connectivity index (χ3v) is 4.15. The molecule has 0 aliphatic heterocycles. The normalized spacial score (nSPS) is 11.5. The maximum Gasteiger partial charge on any atom is 0.0389 e. The van der Waals surface area contributed by atoms with Crippen LogP contribution in [0.2, 0.25) is 0 Å². The highest BCUT2D eigenvalue weighted by Gasteiger charge is 2.08. The fourth-order valence-electron chi connectivity index (χ4n) is 2.56. The maximum atomic E-state index is 3.59. The molecule has 0 heterocycles. The summed E-state index contributed by atoms with van der Waals surface area (Å²) in [6.07, 6.45) is 0. The van der Waals surface area contributed by atoms with Crippen molar-refractivity contribution in [1.82, 2.24) is 0 Å². The first-order valence-corrected chi connectivity index (χ1v) is 8.38. The zero-order valence-electron chi connectivity index (χ0n) is 14.8. The van der Waals surface area contributed by atoms with E-state index in [0.717, 1.165) is 0 Å². The predicted octanol–water partition coefficient (Wildman–Crippen LogP) is 6.80. The number of nitrogens with one attached hydrogen (secondary N) is 1. The second kappa shape index (κ2) is 7.00. The standard InChI is InChI=1S/C21H29N/c1-14(2)17-8-7-9-20(11-17)22-21-12-18(15(3)4)10-19(13-21)16(5)6/h7-16,22H,1-6H3. The van der Waals surface area contributed by atoms with Crippen LogP contribution >= 0.6 is 0 Å². The summed E-state index contributed by atoms with van der Waals surface area (Å²) in [7, 11) is 0. The Bertz CT molecular complexity index is 597. The summed E-state index contributed by atoms with van der Waals surface area (Å²) < 4.78 is 0. The average Bonchev–Trinajstić information content (AvgIpc) is 2.47. The molecule has 1 heteroatoms. The van der Waals surface area contributed by atoms with Gasteiger partial charge in [-0.3, -0.25) is 0 Å². The number of rotatable bonds is 5. The minimum absolute atomic E-state index is 0.543. The third kappa shape index (κ3) is 4.13. The highest BCUT2D eigenvalue weighted by atomic mass is 14.9. The molecule has 0 saturated heterocycles. The van der Waals surface area contributed by atoms with Gasteiger partial charge in [0.15, 0.2) is 0 Å². The minimum atomic E-state index is 0.543. The molecule has 0 aromatic heterocycles. The second-order valence-corrected chi connectivity index (χ2v) is 7.10. The SMILES string of the molecule is CC(C)c1cccc(Nc2cc(C(C)C)cc(C(C)C)c2)c1. The first-order valence-electron chi connectivity index (χ1n) is 8.38. The van der Waals surface area contributed by atoms with Gasteiger partial charge in [0.25, 0.3) is 0 Å². The molecule has 1 nitrogen and oxygen atoms in total. The molecule has 1 N–H and O–H groups in total. The topological polar surface area (TPSA) is 12.0 Å². The monoisotopic (exact) mass is 295 g/mol. The number of anilines is 2. The van der Waals surface area contributed by atoms with Crippen LogP contribution in [0.25, 0.3) is 0 Å². The first kappa shape index (κ1) is 16.6. The van der Waals surface area contributed by atoms with Crippen LogP contribution in [0.1, 0.15) is 76.0 Å². The Morgan fingerprint density at radius 2 is 1.09 bits per heavy atom. The van der Waals surface area contributed by atoms with Crippen LogP contribution in [-0.4, -0.2) is 0 Å². The van der Waals surface area contributed by atoms with E-state index >= 15 is 0 Å². The lowest BCUT2D eigenvalue weighted by Gasteiger charge is -2.16. The Labute approximate surface area is 135 Å². The quantitative estimate of drug-likeness (QED) is 0.639. The zero-order chi connectivity index (χ0) is 16.3. The van der Waals surface area contributed by atoms with Crippen molar-refractivity contribution >= 4 is 11.4 Å². The van der Waals surface area contributed by atoms with E-state index in [1.807, 2.05) is 0 Å². The van der Waals surface area contributed by atoms with Crippen LogP contribution in [0.15, 0.2) is 42.5 Å². The van der Waals surface area contributed by atoms with E-state index in [4.69, 9.17) is 0 Å². The van der Waals surface area contributed by atoms with Gasteiger partial charge in [-0.2, -0.15) is 0 Å². The summed E-state index contributed by atoms with van der Waals surface area (Å²) >= 11 is 0. The van der Waals surface area contributed by atoms with Gasteiger partial charge in [0, 0.05) is 11.4 Å². The summed E-state index contributed by atoms with van der Waals surface area (Å²) in [4.78, 5) is 0. The molecule has 0 amide bonds. The molecule has 0 fully saturated rings. The van der Waals surface area contributed by atoms with E-state index in [-0.39, 0.29) is 0 Å². The second-order valence-electron chi connectivity index (χ2n) is 7.10. The van der Waals surface area contributed by atoms with Crippen LogP contribution in [0.5, 0.6) is 0 Å². The van der Waals surface area contributed by atoms with Gasteiger partial charge in [0.1, 0.15) is 0 Å². The van der Waals surface area contributed by atoms with E-state index in [1.54, 1.807) is 0 Å². The van der Waals surface area contributed by atoms with Gasteiger partial charge in [0.05, 0.1) is 0 Å². The molecule has 0 atom stereocenters. The minimum Gasteiger partial charge on any atom is -0.356 e. The molecule has 0 unspecified atom stereocenters. The van der Waals surface area contributed by atoms with Crippen molar-refractivity contribution in [3.63, 3.8) is 0 Å². The highest BCUT2D eigenvalue weighted by Crippen LogP contribution is 2.28. The van der Waals surface area contributed by atoms with Crippen molar-refractivity contribution in [2.75, 3.05) is 5.32 Å². The van der Waals surface area contributed by atoms with Crippen LogP contribution in [0.3, 0.4) is 0 Å². The van der Waals surface area contributed by atoms with Crippen molar-refractivity contribution in [1.29, 1.82) is 0 Å². The number of hydrogen-bond donors (Lipinski definition) is 1. The van der Waals surface area contributed by atoms with E-state index in [9.17, 15) is 0 Å². The lowest BCUT2D eigenvalue weighted by atomic mass is 9.95. The Hall–Kier alpha value is -1.76. The van der Waals surface area contributed by atoms with Crippen molar-refractivity contribution in [3.8, 4) is 0 Å². The van der Waals surface area contributed by atoms with Crippen molar-refractivity contribution in [3.05, 3.63) is 59.2 Å². The lowest BCUT2D eigenvalue weighted by Crippen LogP contribution is -1.98. The molecule has 0 saturated carbocycles. The zero-order valence-corrected chi connectivity index (χ0v) is 14.8. The number of benzene rings is 2. The third-order valence-electron chi connectivity index (χ3n) is 4.15. The summed E-state index contributed by atoms with van der Waals surface area (Å²) in [5, 5.41) is 3.59. The van der Waals surface area contributed by atoms with Gasteiger partial charge in [-0.1, -0.05) is 59.7 Å². The summed E-state index contributed by atoms with van der Waals surface area (Å²) in [6.45, 7) is 13.5. The van der Waals surface area contributed by atoms with Crippen molar-refractivity contribution < 1.29 is 0 Å². The van der Waals surface area contributed by atoms with Gasteiger partial charge in [-0.05, 0) is 58.7 Å². The van der Waals surface area contributed by atoms with Crippen LogP contribution in [0.4, 0.5) is 11.4 Å². The van der Waals surface area contributed by atoms with Gasteiger partial charge in [0.2, 0.25) is 0 Å². The summed E-state index contributed by atoms with van der Waals surface area (Å²) in [5.41, 5.74) is 6.52. The lowest BCUT2D eigenvalue weighted by molar-refractivity contribution is 0.834. The first-order chi connectivity index (χ1) is 10.4. The number of hydrogen-bond acceptors (Lipinski definition) is 1. The maximum absolute atomic E-state index is 3.59. The van der Waals surface area contributed by atoms with E-state index in [0.29, 0.717) is 17.8 Å². The van der Waals surface area contributed by atoms with E-state index in [1.165, 1.54) is 28.1 Å². The van der Waals surface area contributed by atoms with Crippen LogP contribution in [-0.2, 0) is 0 Å². The Morgan fingerprint density at radius 3 is 1.59 bits per heavy atom. The van der Waals surface area contributed by atoms with E-state index < -0.39 is 0 Å². The van der Waals surface area contributed by atoms with Crippen molar-refractivity contribution in [2.45, 2.75) is 59.3 Å². The van der Waals surface area contributed by atoms with Crippen LogP contribution in [0, 0.1) is 0 Å². The largest absolute Gasteiger partial charge is 0.356 e. The van der Waals surface area contributed by atoms with Gasteiger partial charge < -0.3 is 5.32 Å². The molecule has 0 radical (unpaired) electrons. The Kier molecular flexibility index (Phi) is 5.28. The van der Waals surface area contributed by atoms with Gasteiger partial charge in [-0.15, -0.1) is 0 Å². The molecule has 2 aromatic carbocycles. The molecule has 22 heavy (non-hydrogen) atoms.